The number of hydrogen-bond donors (Lipinski definition) is 1. The summed E-state index contributed by atoms with van der Waals surface area (Å²) in [4.78, 5) is 0. The molecule has 0 bridgehead atoms. The van der Waals surface area contributed by atoms with E-state index in [9.17, 15) is 5.11 Å². The maximum Gasteiger partial charge on any atom is 0.0624 e. The van der Waals surface area contributed by atoms with Crippen molar-refractivity contribution < 1.29 is 5.11 Å². The minimum absolute atomic E-state index is 0.113. The molecule has 1 heterocycles. The second-order valence-corrected chi connectivity index (χ2v) is 5.27. The van der Waals surface area contributed by atoms with Crippen molar-refractivity contribution >= 4 is 0 Å². The van der Waals surface area contributed by atoms with Crippen molar-refractivity contribution in [1.29, 1.82) is 0 Å². The molecule has 0 saturated heterocycles. The van der Waals surface area contributed by atoms with E-state index < -0.39 is 0 Å². The lowest BCUT2D eigenvalue weighted by Gasteiger charge is -2.20. The second-order valence-electron chi connectivity index (χ2n) is 5.27. The van der Waals surface area contributed by atoms with Gasteiger partial charge in [-0.2, -0.15) is 5.10 Å². The SMILES string of the molecule is CCc1cc(CC2CCCCCC2O)n(C)n1. The lowest BCUT2D eigenvalue weighted by atomic mass is 9.92. The van der Waals surface area contributed by atoms with Gasteiger partial charge in [-0.05, 0) is 37.7 Å². The smallest absolute Gasteiger partial charge is 0.0624 e. The van der Waals surface area contributed by atoms with Crippen molar-refractivity contribution in [3.05, 3.63) is 17.5 Å². The van der Waals surface area contributed by atoms with E-state index in [1.165, 1.54) is 25.0 Å². The maximum absolute atomic E-state index is 10.1. The van der Waals surface area contributed by atoms with Gasteiger partial charge in [0.15, 0.2) is 0 Å². The monoisotopic (exact) mass is 236 g/mol. The Bertz CT molecular complexity index is 359. The van der Waals surface area contributed by atoms with Crippen LogP contribution >= 0.6 is 0 Å². The number of aliphatic hydroxyl groups is 1. The van der Waals surface area contributed by atoms with Crippen LogP contribution in [-0.4, -0.2) is 21.0 Å². The Hall–Kier alpha value is -0.830. The Morgan fingerprint density at radius 2 is 2.12 bits per heavy atom. The Morgan fingerprint density at radius 3 is 2.82 bits per heavy atom. The van der Waals surface area contributed by atoms with Crippen LogP contribution in [0, 0.1) is 5.92 Å². The Balaban J connectivity index is 2.05. The van der Waals surface area contributed by atoms with Gasteiger partial charge in [-0.25, -0.2) is 0 Å². The topological polar surface area (TPSA) is 38.0 Å². The highest BCUT2D eigenvalue weighted by Crippen LogP contribution is 2.26. The van der Waals surface area contributed by atoms with E-state index in [4.69, 9.17) is 0 Å². The molecule has 96 valence electrons. The van der Waals surface area contributed by atoms with Crippen molar-refractivity contribution in [3.8, 4) is 0 Å². The molecule has 3 nitrogen and oxygen atoms in total. The fourth-order valence-corrected chi connectivity index (χ4v) is 2.81. The van der Waals surface area contributed by atoms with Crippen molar-refractivity contribution in [2.45, 2.75) is 58.0 Å². The highest BCUT2D eigenvalue weighted by Gasteiger charge is 2.23. The standard InChI is InChI=1S/C14H24N2O/c1-3-12-10-13(16(2)15-12)9-11-7-5-4-6-8-14(11)17/h10-11,14,17H,3-9H2,1-2H3. The number of aromatic nitrogens is 2. The number of aryl methyl sites for hydroxylation is 2. The number of hydrogen-bond acceptors (Lipinski definition) is 2. The Kier molecular flexibility index (Phi) is 4.21. The molecule has 0 aromatic carbocycles. The molecule has 0 aliphatic heterocycles. The van der Waals surface area contributed by atoms with Gasteiger partial charge in [-0.3, -0.25) is 4.68 Å². The van der Waals surface area contributed by atoms with Crippen LogP contribution < -0.4 is 0 Å². The predicted molar refractivity (Wildman–Crippen MR) is 68.9 cm³/mol. The molecule has 1 fully saturated rings. The van der Waals surface area contributed by atoms with E-state index in [1.807, 2.05) is 11.7 Å². The summed E-state index contributed by atoms with van der Waals surface area (Å²) in [6.07, 6.45) is 7.71. The van der Waals surface area contributed by atoms with E-state index in [0.29, 0.717) is 5.92 Å². The fourth-order valence-electron chi connectivity index (χ4n) is 2.81. The van der Waals surface area contributed by atoms with E-state index in [2.05, 4.69) is 18.1 Å². The average molecular weight is 236 g/mol. The summed E-state index contributed by atoms with van der Waals surface area (Å²) in [5, 5.41) is 14.6. The van der Waals surface area contributed by atoms with Crippen molar-refractivity contribution in [1.82, 2.24) is 9.78 Å². The van der Waals surface area contributed by atoms with Crippen LogP contribution in [0.3, 0.4) is 0 Å². The van der Waals surface area contributed by atoms with E-state index in [1.54, 1.807) is 0 Å². The summed E-state index contributed by atoms with van der Waals surface area (Å²) in [6, 6.07) is 2.19. The largest absolute Gasteiger partial charge is 0.393 e. The van der Waals surface area contributed by atoms with Crippen LogP contribution in [-0.2, 0) is 19.9 Å². The second kappa shape index (κ2) is 5.67. The van der Waals surface area contributed by atoms with E-state index >= 15 is 0 Å². The van der Waals surface area contributed by atoms with Gasteiger partial charge >= 0.3 is 0 Å². The van der Waals surface area contributed by atoms with Gasteiger partial charge in [0.2, 0.25) is 0 Å². The third-order valence-electron chi connectivity index (χ3n) is 3.98. The molecule has 0 amide bonds. The first-order valence-corrected chi connectivity index (χ1v) is 6.90. The summed E-state index contributed by atoms with van der Waals surface area (Å²) < 4.78 is 1.98. The molecule has 1 aromatic heterocycles. The van der Waals surface area contributed by atoms with Crippen molar-refractivity contribution in [3.63, 3.8) is 0 Å². The minimum Gasteiger partial charge on any atom is -0.393 e. The third-order valence-corrected chi connectivity index (χ3v) is 3.98. The van der Waals surface area contributed by atoms with Crippen LogP contribution in [0.15, 0.2) is 6.07 Å². The van der Waals surface area contributed by atoms with Gasteiger partial charge in [-0.1, -0.05) is 26.2 Å². The van der Waals surface area contributed by atoms with E-state index in [-0.39, 0.29) is 6.10 Å². The summed E-state index contributed by atoms with van der Waals surface area (Å²) in [5.41, 5.74) is 2.43. The predicted octanol–water partition coefficient (Wildman–Crippen LogP) is 2.47. The minimum atomic E-state index is -0.113. The van der Waals surface area contributed by atoms with Gasteiger partial charge in [0.25, 0.3) is 0 Å². The van der Waals surface area contributed by atoms with Crippen LogP contribution in [0.4, 0.5) is 0 Å². The quantitative estimate of drug-likeness (QED) is 0.819. The summed E-state index contributed by atoms with van der Waals surface area (Å²) in [6.45, 7) is 2.13. The van der Waals surface area contributed by atoms with Crippen molar-refractivity contribution in [2.75, 3.05) is 0 Å². The number of rotatable bonds is 3. The van der Waals surface area contributed by atoms with Crippen LogP contribution in [0.25, 0.3) is 0 Å². The molecular formula is C14H24N2O. The normalized spacial score (nSPS) is 25.8. The van der Waals surface area contributed by atoms with Crippen molar-refractivity contribution in [2.24, 2.45) is 13.0 Å². The molecule has 1 aliphatic rings. The molecule has 17 heavy (non-hydrogen) atoms. The molecule has 0 radical (unpaired) electrons. The molecule has 0 spiro atoms. The third kappa shape index (κ3) is 3.09. The summed E-state index contributed by atoms with van der Waals surface area (Å²) >= 11 is 0. The Morgan fingerprint density at radius 1 is 1.35 bits per heavy atom. The van der Waals surface area contributed by atoms with Gasteiger partial charge in [0.05, 0.1) is 11.8 Å². The lowest BCUT2D eigenvalue weighted by molar-refractivity contribution is 0.0996. The summed E-state index contributed by atoms with van der Waals surface area (Å²) in [5.74, 6) is 0.428. The molecule has 2 unspecified atom stereocenters. The van der Waals surface area contributed by atoms with Crippen LogP contribution in [0.2, 0.25) is 0 Å². The average Bonchev–Trinajstić information content (AvgIpc) is 2.54. The maximum atomic E-state index is 10.1. The highest BCUT2D eigenvalue weighted by molar-refractivity contribution is 5.11. The molecular weight excluding hydrogens is 212 g/mol. The van der Waals surface area contributed by atoms with Gasteiger partial charge in [0, 0.05) is 12.7 Å². The molecule has 2 atom stereocenters. The van der Waals surface area contributed by atoms with Gasteiger partial charge < -0.3 is 5.11 Å². The van der Waals surface area contributed by atoms with Crippen LogP contribution in [0.1, 0.15) is 50.4 Å². The zero-order valence-corrected chi connectivity index (χ0v) is 11.0. The molecule has 1 aliphatic carbocycles. The number of nitrogens with zero attached hydrogens (tertiary/aromatic N) is 2. The molecule has 1 N–H and O–H groups in total. The van der Waals surface area contributed by atoms with Gasteiger partial charge in [0.1, 0.15) is 0 Å². The Labute approximate surface area is 104 Å². The zero-order chi connectivity index (χ0) is 12.3. The lowest BCUT2D eigenvalue weighted by Crippen LogP contribution is -2.22. The number of aliphatic hydroxyl groups excluding tert-OH is 1. The summed E-state index contributed by atoms with van der Waals surface area (Å²) in [7, 11) is 2.01. The fraction of sp³-hybridized carbons (Fsp3) is 0.786. The van der Waals surface area contributed by atoms with E-state index in [0.717, 1.165) is 31.4 Å². The molecule has 1 saturated carbocycles. The first kappa shape index (κ1) is 12.6. The molecule has 3 heteroatoms. The molecule has 2 rings (SSSR count). The first-order valence-electron chi connectivity index (χ1n) is 6.90. The highest BCUT2D eigenvalue weighted by atomic mass is 16.3. The van der Waals surface area contributed by atoms with Gasteiger partial charge in [-0.15, -0.1) is 0 Å². The van der Waals surface area contributed by atoms with Crippen LogP contribution in [0.5, 0.6) is 0 Å². The molecule has 1 aromatic rings. The zero-order valence-electron chi connectivity index (χ0n) is 11.0. The first-order chi connectivity index (χ1) is 8.20.